The highest BCUT2D eigenvalue weighted by Crippen LogP contribution is 2.40. The van der Waals surface area contributed by atoms with Crippen LogP contribution in [0.3, 0.4) is 0 Å². The van der Waals surface area contributed by atoms with Gasteiger partial charge < -0.3 is 19.2 Å². The predicted molar refractivity (Wildman–Crippen MR) is 205 cm³/mol. The Kier molecular flexibility index (Phi) is 10.2. The van der Waals surface area contributed by atoms with Gasteiger partial charge in [0.05, 0.1) is 25.2 Å². The van der Waals surface area contributed by atoms with Crippen LogP contribution in [0, 0.1) is 0 Å². The molecule has 8 nitrogen and oxygen atoms in total. The molecule has 0 aliphatic heterocycles. The predicted octanol–water partition coefficient (Wildman–Crippen LogP) is 7.04. The first-order valence-corrected chi connectivity index (χ1v) is 17.4. The van der Waals surface area contributed by atoms with E-state index < -0.39 is 35.1 Å². The number of benzene rings is 5. The molecule has 2 aromatic heterocycles. The Morgan fingerprint density at radius 2 is 1.15 bits per heavy atom. The zero-order valence-corrected chi connectivity index (χ0v) is 29.2. The van der Waals surface area contributed by atoms with Gasteiger partial charge in [-0.15, -0.1) is 0 Å². The summed E-state index contributed by atoms with van der Waals surface area (Å²) in [6.07, 6.45) is 5.35. The Hall–Kier alpha value is -6.80. The second kappa shape index (κ2) is 15.6. The van der Waals surface area contributed by atoms with Crippen molar-refractivity contribution in [2.75, 3.05) is 7.11 Å². The van der Waals surface area contributed by atoms with Gasteiger partial charge in [-0.3, -0.25) is 9.59 Å². The van der Waals surface area contributed by atoms with E-state index in [1.165, 1.54) is 13.2 Å². The number of carbonyl (C=O) groups is 2. The highest BCUT2D eigenvalue weighted by Gasteiger charge is 2.38. The number of rotatable bonds is 12. The molecule has 0 bridgehead atoms. The van der Waals surface area contributed by atoms with Gasteiger partial charge in [-0.1, -0.05) is 152 Å². The zero-order chi connectivity index (χ0) is 36.6. The molecule has 7 aromatic rings. The van der Waals surface area contributed by atoms with Crippen molar-refractivity contribution in [1.82, 2.24) is 19.4 Å². The van der Waals surface area contributed by atoms with Crippen molar-refractivity contribution < 1.29 is 14.3 Å². The lowest BCUT2D eigenvalue weighted by Crippen LogP contribution is -2.45. The minimum atomic E-state index is -1.12. The number of pyridine rings is 1. The number of methoxy groups -OCH3 is 1. The van der Waals surface area contributed by atoms with Crippen LogP contribution < -0.4 is 10.9 Å². The molecule has 1 amide bonds. The lowest BCUT2D eigenvalue weighted by Gasteiger charge is -2.37. The number of nitrogens with zero attached hydrogens (tertiary/aromatic N) is 3. The van der Waals surface area contributed by atoms with Crippen LogP contribution in [0.4, 0.5) is 0 Å². The third-order valence-electron chi connectivity index (χ3n) is 9.53. The maximum atomic E-state index is 14.1. The lowest BCUT2D eigenvalue weighted by molar-refractivity contribution is -0.142. The molecule has 2 heterocycles. The van der Waals surface area contributed by atoms with Crippen LogP contribution in [0.5, 0.6) is 0 Å². The molecule has 0 fully saturated rings. The summed E-state index contributed by atoms with van der Waals surface area (Å²) in [5.74, 6) is -1.35. The van der Waals surface area contributed by atoms with Crippen LogP contribution in [0.2, 0.25) is 0 Å². The summed E-state index contributed by atoms with van der Waals surface area (Å²) in [5, 5.41) is 2.79. The van der Waals surface area contributed by atoms with Gasteiger partial charge in [-0.25, -0.2) is 9.78 Å². The molecule has 0 saturated heterocycles. The molecule has 5 aromatic carbocycles. The Morgan fingerprint density at radius 3 is 1.62 bits per heavy atom. The van der Waals surface area contributed by atoms with Crippen molar-refractivity contribution in [2.45, 2.75) is 24.0 Å². The Labute approximate surface area is 308 Å². The first kappa shape index (κ1) is 34.6. The van der Waals surface area contributed by atoms with Gasteiger partial charge in [0.2, 0.25) is 0 Å². The largest absolute Gasteiger partial charge is 0.467 e. The summed E-state index contributed by atoms with van der Waals surface area (Å²) in [6, 6.07) is 51.4. The molecule has 0 radical (unpaired) electrons. The van der Waals surface area contributed by atoms with E-state index in [-0.39, 0.29) is 12.0 Å². The molecule has 7 rings (SSSR count). The van der Waals surface area contributed by atoms with Crippen molar-refractivity contribution in [3.8, 4) is 0 Å². The number of hydrogen-bond acceptors (Lipinski definition) is 5. The smallest absolute Gasteiger partial charge is 0.328 e. The van der Waals surface area contributed by atoms with Crippen molar-refractivity contribution in [3.05, 3.63) is 232 Å². The Balaban J connectivity index is 1.23. The van der Waals surface area contributed by atoms with Crippen LogP contribution in [-0.4, -0.2) is 39.1 Å². The first-order valence-electron chi connectivity index (χ1n) is 17.4. The average Bonchev–Trinajstić information content (AvgIpc) is 3.69. The van der Waals surface area contributed by atoms with Gasteiger partial charge in [-0.2, -0.15) is 0 Å². The number of hydrogen-bond donors (Lipinski definition) is 1. The molecular formula is C45H38N4O4. The average molecular weight is 699 g/mol. The van der Waals surface area contributed by atoms with Crippen molar-refractivity contribution in [1.29, 1.82) is 0 Å². The van der Waals surface area contributed by atoms with Crippen molar-refractivity contribution in [2.24, 2.45) is 0 Å². The summed E-state index contributed by atoms with van der Waals surface area (Å²) in [7, 11) is 1.27. The van der Waals surface area contributed by atoms with E-state index in [1.807, 2.05) is 126 Å². The van der Waals surface area contributed by atoms with E-state index in [4.69, 9.17) is 9.72 Å². The molecule has 0 saturated carbocycles. The SMILES string of the molecule is COC(=O)[C@H](Cc1cn(C(c2ccccc2)(c2ccccc2)c2ccccc2)cn1)NC(=O)c1cccn(C(c2ccccc2)c2ccccc2)c1=O. The topological polar surface area (TPSA) is 95.2 Å². The van der Waals surface area contributed by atoms with E-state index in [1.54, 1.807) is 23.2 Å². The summed E-state index contributed by atoms with van der Waals surface area (Å²) >= 11 is 0. The number of imidazole rings is 1. The van der Waals surface area contributed by atoms with E-state index >= 15 is 0 Å². The second-order valence-electron chi connectivity index (χ2n) is 12.7. The highest BCUT2D eigenvalue weighted by molar-refractivity contribution is 5.96. The fourth-order valence-electron chi connectivity index (χ4n) is 7.09. The Morgan fingerprint density at radius 1 is 0.679 bits per heavy atom. The third kappa shape index (κ3) is 6.95. The van der Waals surface area contributed by atoms with E-state index in [0.717, 1.165) is 27.8 Å². The van der Waals surface area contributed by atoms with Crippen molar-refractivity contribution >= 4 is 11.9 Å². The van der Waals surface area contributed by atoms with Gasteiger partial charge in [0.25, 0.3) is 11.5 Å². The molecule has 0 aliphatic rings. The van der Waals surface area contributed by atoms with Crippen LogP contribution in [0.25, 0.3) is 0 Å². The lowest BCUT2D eigenvalue weighted by atomic mass is 9.77. The fourth-order valence-corrected chi connectivity index (χ4v) is 7.09. The van der Waals surface area contributed by atoms with Gasteiger partial charge in [0, 0.05) is 18.8 Å². The van der Waals surface area contributed by atoms with Gasteiger partial charge in [0.15, 0.2) is 0 Å². The maximum absolute atomic E-state index is 14.1. The third-order valence-corrected chi connectivity index (χ3v) is 9.53. The second-order valence-corrected chi connectivity index (χ2v) is 12.7. The molecule has 1 atom stereocenters. The zero-order valence-electron chi connectivity index (χ0n) is 29.2. The van der Waals surface area contributed by atoms with Crippen LogP contribution >= 0.6 is 0 Å². The standard InChI is InChI=1S/C45H38N4O4/c1-53-44(52)40(47-42(50)39-28-17-29-49(43(39)51)41(33-18-7-2-8-19-33)34-20-9-3-10-21-34)30-38-31-48(32-46-38)45(35-22-11-4-12-23-35,36-24-13-5-14-25-36)37-26-15-6-16-27-37/h2-29,31-32,40-41H,30H2,1H3,(H,47,50)/t40-/m0/s1. The van der Waals surface area contributed by atoms with Crippen LogP contribution in [0.1, 0.15) is 49.9 Å². The van der Waals surface area contributed by atoms with Crippen LogP contribution in [-0.2, 0) is 21.5 Å². The Bertz CT molecular complexity index is 2210. The highest BCUT2D eigenvalue weighted by atomic mass is 16.5. The minimum absolute atomic E-state index is 0.0253. The normalized spacial score (nSPS) is 11.9. The van der Waals surface area contributed by atoms with E-state index in [2.05, 4.69) is 41.7 Å². The number of esters is 1. The number of ether oxygens (including phenoxy) is 1. The molecule has 0 spiro atoms. The van der Waals surface area contributed by atoms with Gasteiger partial charge >= 0.3 is 5.97 Å². The monoisotopic (exact) mass is 698 g/mol. The molecule has 0 unspecified atom stereocenters. The molecule has 262 valence electrons. The minimum Gasteiger partial charge on any atom is -0.467 e. The van der Waals surface area contributed by atoms with Gasteiger partial charge in [-0.05, 0) is 39.9 Å². The number of amides is 1. The fraction of sp³-hybridized carbons (Fsp3) is 0.111. The molecule has 53 heavy (non-hydrogen) atoms. The maximum Gasteiger partial charge on any atom is 0.328 e. The molecule has 8 heteroatoms. The number of carbonyl (C=O) groups excluding carboxylic acids is 2. The van der Waals surface area contributed by atoms with E-state index in [9.17, 15) is 14.4 Å². The van der Waals surface area contributed by atoms with Crippen LogP contribution in [0.15, 0.2) is 187 Å². The van der Waals surface area contributed by atoms with Gasteiger partial charge in [0.1, 0.15) is 17.1 Å². The van der Waals surface area contributed by atoms with Crippen molar-refractivity contribution in [3.63, 3.8) is 0 Å². The summed E-state index contributed by atoms with van der Waals surface area (Å²) in [5.41, 5.74) is 3.98. The molecule has 0 aliphatic carbocycles. The summed E-state index contributed by atoms with van der Waals surface area (Å²) < 4.78 is 8.73. The number of nitrogens with one attached hydrogen (secondary N) is 1. The molecule has 1 N–H and O–H groups in total. The summed E-state index contributed by atoms with van der Waals surface area (Å²) in [6.45, 7) is 0. The quantitative estimate of drug-likeness (QED) is 0.109. The molecular weight excluding hydrogens is 661 g/mol. The first-order chi connectivity index (χ1) is 26.0. The summed E-state index contributed by atoms with van der Waals surface area (Å²) in [4.78, 5) is 45.9. The number of aromatic nitrogens is 3. The van der Waals surface area contributed by atoms with E-state index in [0.29, 0.717) is 5.69 Å².